The molecule has 0 aliphatic heterocycles. The van der Waals surface area contributed by atoms with Crippen molar-refractivity contribution in [3.8, 4) is 0 Å². The summed E-state index contributed by atoms with van der Waals surface area (Å²) < 4.78 is 39.3. The molecule has 0 fully saturated rings. The topological polar surface area (TPSA) is 72.5 Å². The lowest BCUT2D eigenvalue weighted by Crippen LogP contribution is -2.49. The molecule has 0 aliphatic rings. The fraction of sp³-hybridized carbons (Fsp3) is 0.857. The van der Waals surface area contributed by atoms with E-state index in [4.69, 9.17) is 10.8 Å². The first-order valence-corrected chi connectivity index (χ1v) is 3.82. The molecular weight excluding hydrogens is 203 g/mol. The second-order valence-corrected chi connectivity index (χ2v) is 3.14. The number of alkyl halides is 3. The Labute approximate surface area is 78.8 Å². The van der Waals surface area contributed by atoms with Gasteiger partial charge in [-0.25, -0.2) is 0 Å². The zero-order chi connectivity index (χ0) is 11.4. The number of rotatable bonds is 5. The van der Waals surface area contributed by atoms with Crippen molar-refractivity contribution in [2.45, 2.75) is 25.1 Å². The molecule has 0 aromatic rings. The molecule has 0 aromatic heterocycles. The highest BCUT2D eigenvalue weighted by Gasteiger charge is 2.30. The summed E-state index contributed by atoms with van der Waals surface area (Å²) in [6, 6.07) is 0. The number of nitrogens with two attached hydrogens (primary N) is 1. The van der Waals surface area contributed by atoms with Crippen LogP contribution in [0.2, 0.25) is 0 Å². The first-order valence-electron chi connectivity index (χ1n) is 3.82. The Hall–Kier alpha value is -0.820. The van der Waals surface area contributed by atoms with Crippen molar-refractivity contribution in [3.05, 3.63) is 0 Å². The Morgan fingerprint density at radius 3 is 2.36 bits per heavy atom. The first kappa shape index (κ1) is 13.2. The highest BCUT2D eigenvalue weighted by atomic mass is 19.4. The highest BCUT2D eigenvalue weighted by Crippen LogP contribution is 2.19. The summed E-state index contributed by atoms with van der Waals surface area (Å²) in [5.41, 5.74) is 3.56. The van der Waals surface area contributed by atoms with Gasteiger partial charge < -0.3 is 15.6 Å². The average Bonchev–Trinajstić information content (AvgIpc) is 1.96. The van der Waals surface area contributed by atoms with E-state index in [-0.39, 0.29) is 0 Å². The molecule has 1 unspecified atom stereocenters. The minimum atomic E-state index is -4.30. The number of hydrogen-bond acceptors (Lipinski definition) is 3. The predicted octanol–water partition coefficient (Wildman–Crippen LogP) is 0.757. The molecule has 0 aliphatic carbocycles. The van der Waals surface area contributed by atoms with Gasteiger partial charge in [0.2, 0.25) is 0 Å². The normalized spacial score (nSPS) is 16.4. The third kappa shape index (κ3) is 5.76. The van der Waals surface area contributed by atoms with Crippen molar-refractivity contribution in [1.82, 2.24) is 0 Å². The number of hydrogen-bond donors (Lipinski definition) is 2. The largest absolute Gasteiger partial charge is 0.480 e. The van der Waals surface area contributed by atoms with Gasteiger partial charge in [-0.15, -0.1) is 0 Å². The van der Waals surface area contributed by atoms with Crippen molar-refractivity contribution < 1.29 is 27.8 Å². The average molecular weight is 215 g/mol. The third-order valence-corrected chi connectivity index (χ3v) is 1.42. The predicted molar refractivity (Wildman–Crippen MR) is 41.7 cm³/mol. The second kappa shape index (κ2) is 4.61. The molecule has 0 saturated heterocycles. The molecule has 7 heteroatoms. The van der Waals surface area contributed by atoms with Crippen LogP contribution in [0.15, 0.2) is 0 Å². The number of carbonyl (C=O) groups is 1. The summed E-state index contributed by atoms with van der Waals surface area (Å²) in [6.07, 6.45) is -5.41. The Balaban J connectivity index is 3.70. The van der Waals surface area contributed by atoms with Gasteiger partial charge in [0, 0.05) is 0 Å². The molecule has 84 valence electrons. The molecule has 0 radical (unpaired) electrons. The molecule has 1 atom stereocenters. The van der Waals surface area contributed by atoms with Crippen LogP contribution in [0.4, 0.5) is 13.2 Å². The van der Waals surface area contributed by atoms with Crippen molar-refractivity contribution in [2.24, 2.45) is 5.73 Å². The zero-order valence-electron chi connectivity index (χ0n) is 7.60. The lowest BCUT2D eigenvalue weighted by atomic mass is 10.1. The number of carboxylic acid groups (broad SMARTS) is 1. The molecule has 0 rings (SSSR count). The number of carboxylic acids is 1. The number of aliphatic carboxylic acids is 1. The fourth-order valence-electron chi connectivity index (χ4n) is 0.534. The van der Waals surface area contributed by atoms with E-state index in [9.17, 15) is 18.0 Å². The lowest BCUT2D eigenvalue weighted by Gasteiger charge is -2.19. The molecule has 0 aromatic carbocycles. The van der Waals surface area contributed by atoms with Crippen LogP contribution in [0.5, 0.6) is 0 Å². The van der Waals surface area contributed by atoms with E-state index in [0.29, 0.717) is 0 Å². The van der Waals surface area contributed by atoms with Gasteiger partial charge in [0.25, 0.3) is 0 Å². The van der Waals surface area contributed by atoms with Gasteiger partial charge in [0.1, 0.15) is 5.54 Å². The molecule has 4 nitrogen and oxygen atoms in total. The Bertz CT molecular complexity index is 203. The van der Waals surface area contributed by atoms with Gasteiger partial charge in [-0.2, -0.15) is 13.2 Å². The SMILES string of the molecule is CC(N)(COCCC(F)(F)F)C(=O)O. The molecule has 0 bridgehead atoms. The van der Waals surface area contributed by atoms with E-state index in [1.165, 1.54) is 6.92 Å². The van der Waals surface area contributed by atoms with Crippen molar-refractivity contribution in [3.63, 3.8) is 0 Å². The number of ether oxygens (including phenoxy) is 1. The fourth-order valence-corrected chi connectivity index (χ4v) is 0.534. The van der Waals surface area contributed by atoms with Crippen LogP contribution in [-0.2, 0) is 9.53 Å². The quantitative estimate of drug-likeness (QED) is 0.664. The molecule has 0 spiro atoms. The van der Waals surface area contributed by atoms with E-state index in [1.807, 2.05) is 0 Å². The van der Waals surface area contributed by atoms with Crippen LogP contribution < -0.4 is 5.73 Å². The van der Waals surface area contributed by atoms with Gasteiger partial charge in [-0.3, -0.25) is 4.79 Å². The van der Waals surface area contributed by atoms with Gasteiger partial charge in [-0.05, 0) is 6.92 Å². The van der Waals surface area contributed by atoms with Crippen LogP contribution in [0.3, 0.4) is 0 Å². The third-order valence-electron chi connectivity index (χ3n) is 1.42. The molecule has 3 N–H and O–H groups in total. The monoisotopic (exact) mass is 215 g/mol. The molecule has 0 saturated carbocycles. The Morgan fingerprint density at radius 1 is 1.50 bits per heavy atom. The van der Waals surface area contributed by atoms with E-state index in [1.54, 1.807) is 0 Å². The van der Waals surface area contributed by atoms with Crippen molar-refractivity contribution >= 4 is 5.97 Å². The second-order valence-electron chi connectivity index (χ2n) is 3.14. The van der Waals surface area contributed by atoms with Gasteiger partial charge >= 0.3 is 12.1 Å². The van der Waals surface area contributed by atoms with Gasteiger partial charge in [0.15, 0.2) is 0 Å². The Morgan fingerprint density at radius 2 is 2.00 bits per heavy atom. The standard InChI is InChI=1S/C7H12F3NO3/c1-6(11,5(12)13)4-14-3-2-7(8,9)10/h2-4,11H2,1H3,(H,12,13). The summed E-state index contributed by atoms with van der Waals surface area (Å²) >= 11 is 0. The molecule has 0 heterocycles. The Kier molecular flexibility index (Phi) is 4.34. The van der Waals surface area contributed by atoms with Gasteiger partial charge in [-0.1, -0.05) is 0 Å². The lowest BCUT2D eigenvalue weighted by molar-refractivity contribution is -0.151. The maximum Gasteiger partial charge on any atom is 0.391 e. The zero-order valence-corrected chi connectivity index (χ0v) is 7.60. The van der Waals surface area contributed by atoms with Crippen molar-refractivity contribution in [2.75, 3.05) is 13.2 Å². The van der Waals surface area contributed by atoms with E-state index >= 15 is 0 Å². The smallest absolute Gasteiger partial charge is 0.391 e. The van der Waals surface area contributed by atoms with E-state index in [0.717, 1.165) is 0 Å². The van der Waals surface area contributed by atoms with E-state index < -0.39 is 37.3 Å². The molecular formula is C7H12F3NO3. The van der Waals surface area contributed by atoms with Crippen LogP contribution in [0.1, 0.15) is 13.3 Å². The molecule has 0 amide bonds. The van der Waals surface area contributed by atoms with Crippen LogP contribution in [0, 0.1) is 0 Å². The van der Waals surface area contributed by atoms with Crippen LogP contribution in [0.25, 0.3) is 0 Å². The minimum Gasteiger partial charge on any atom is -0.480 e. The van der Waals surface area contributed by atoms with Crippen molar-refractivity contribution in [1.29, 1.82) is 0 Å². The summed E-state index contributed by atoms with van der Waals surface area (Å²) in [5.74, 6) is -1.32. The van der Waals surface area contributed by atoms with Crippen LogP contribution >= 0.6 is 0 Å². The summed E-state index contributed by atoms with van der Waals surface area (Å²) in [6.45, 7) is 0.144. The summed E-state index contributed by atoms with van der Waals surface area (Å²) in [4.78, 5) is 10.4. The summed E-state index contributed by atoms with van der Waals surface area (Å²) in [7, 11) is 0. The number of halogens is 3. The van der Waals surface area contributed by atoms with Crippen LogP contribution in [-0.4, -0.2) is 36.0 Å². The minimum absolute atomic E-state index is 0.446. The maximum atomic E-state index is 11.6. The van der Waals surface area contributed by atoms with E-state index in [2.05, 4.69) is 4.74 Å². The highest BCUT2D eigenvalue weighted by molar-refractivity contribution is 5.77. The first-order chi connectivity index (χ1) is 6.15. The summed E-state index contributed by atoms with van der Waals surface area (Å²) in [5, 5.41) is 8.47. The maximum absolute atomic E-state index is 11.6. The molecule has 14 heavy (non-hydrogen) atoms. The van der Waals surface area contributed by atoms with Gasteiger partial charge in [0.05, 0.1) is 19.6 Å².